The predicted octanol–water partition coefficient (Wildman–Crippen LogP) is 1.62. The summed E-state index contributed by atoms with van der Waals surface area (Å²) >= 11 is 3.12. The number of halogens is 1. The van der Waals surface area contributed by atoms with Crippen molar-refractivity contribution in [1.82, 2.24) is 9.71 Å². The van der Waals surface area contributed by atoms with Crippen LogP contribution in [-0.4, -0.2) is 30.5 Å². The van der Waals surface area contributed by atoms with Gasteiger partial charge in [-0.25, -0.2) is 8.42 Å². The highest BCUT2D eigenvalue weighted by atomic mass is 79.9. The van der Waals surface area contributed by atoms with Crippen LogP contribution in [0.3, 0.4) is 0 Å². The average Bonchev–Trinajstić information content (AvgIpc) is 2.35. The molecule has 1 aromatic heterocycles. The highest BCUT2D eigenvalue weighted by molar-refractivity contribution is 9.10. The van der Waals surface area contributed by atoms with E-state index < -0.39 is 22.0 Å². The number of hydrogen-bond acceptors (Lipinski definition) is 4. The molecule has 1 rings (SSSR count). The van der Waals surface area contributed by atoms with Gasteiger partial charge in [-0.15, -0.1) is 0 Å². The van der Waals surface area contributed by atoms with Gasteiger partial charge in [0.25, 0.3) is 0 Å². The Kier molecular flexibility index (Phi) is 5.45. The van der Waals surface area contributed by atoms with Gasteiger partial charge in [0.05, 0.1) is 0 Å². The average molecular weight is 351 g/mol. The summed E-state index contributed by atoms with van der Waals surface area (Å²) in [4.78, 5) is 14.8. The molecule has 0 aliphatic carbocycles. The smallest absolute Gasteiger partial charge is 0.322 e. The lowest BCUT2D eigenvalue weighted by Crippen LogP contribution is -2.44. The minimum Gasteiger partial charge on any atom is -0.480 e. The second-order valence-corrected chi connectivity index (χ2v) is 6.79. The monoisotopic (exact) mass is 350 g/mol. The Morgan fingerprint density at radius 2 is 2.16 bits per heavy atom. The van der Waals surface area contributed by atoms with Crippen LogP contribution in [0, 0.1) is 5.92 Å². The Morgan fingerprint density at radius 1 is 1.53 bits per heavy atom. The summed E-state index contributed by atoms with van der Waals surface area (Å²) < 4.78 is 26.9. The van der Waals surface area contributed by atoms with Crippen LogP contribution in [0.15, 0.2) is 27.8 Å². The molecule has 0 spiro atoms. The maximum absolute atomic E-state index is 12.1. The van der Waals surface area contributed by atoms with E-state index in [1.807, 2.05) is 0 Å². The molecule has 106 valence electrons. The van der Waals surface area contributed by atoms with Gasteiger partial charge in [0.1, 0.15) is 10.9 Å². The maximum Gasteiger partial charge on any atom is 0.322 e. The Morgan fingerprint density at radius 3 is 2.63 bits per heavy atom. The van der Waals surface area contributed by atoms with Crippen molar-refractivity contribution in [3.8, 4) is 0 Å². The second-order valence-electron chi connectivity index (χ2n) is 4.16. The molecule has 0 radical (unpaired) electrons. The summed E-state index contributed by atoms with van der Waals surface area (Å²) in [6, 6.07) is 0.208. The van der Waals surface area contributed by atoms with E-state index in [9.17, 15) is 13.2 Å². The molecule has 0 aromatic carbocycles. The van der Waals surface area contributed by atoms with E-state index in [0.29, 0.717) is 10.9 Å². The van der Waals surface area contributed by atoms with Crippen molar-refractivity contribution in [1.29, 1.82) is 0 Å². The van der Waals surface area contributed by atoms with Gasteiger partial charge in [-0.1, -0.05) is 20.3 Å². The fraction of sp³-hybridized carbons (Fsp3) is 0.455. The van der Waals surface area contributed by atoms with E-state index >= 15 is 0 Å². The predicted molar refractivity (Wildman–Crippen MR) is 73.1 cm³/mol. The topological polar surface area (TPSA) is 96.4 Å². The van der Waals surface area contributed by atoms with Gasteiger partial charge in [-0.05, 0) is 27.9 Å². The van der Waals surface area contributed by atoms with Crippen molar-refractivity contribution >= 4 is 31.9 Å². The van der Waals surface area contributed by atoms with Gasteiger partial charge in [-0.2, -0.15) is 4.72 Å². The summed E-state index contributed by atoms with van der Waals surface area (Å²) in [5, 5.41) is 9.09. The zero-order chi connectivity index (χ0) is 14.6. The Labute approximate surface area is 120 Å². The fourth-order valence-electron chi connectivity index (χ4n) is 1.42. The first kappa shape index (κ1) is 16.1. The molecule has 0 saturated heterocycles. The number of carbonyl (C=O) groups is 1. The van der Waals surface area contributed by atoms with E-state index in [0.717, 1.165) is 0 Å². The largest absolute Gasteiger partial charge is 0.480 e. The van der Waals surface area contributed by atoms with Crippen molar-refractivity contribution in [3.63, 3.8) is 0 Å². The standard InChI is InChI=1S/C11H15BrN2O4S/c1-3-7(2)10(11(15)16)14-19(17,18)9-4-8(12)5-13-6-9/h4-7,10,14H,3H2,1-2H3,(H,15,16)/t7?,10-/m0/s1. The number of rotatable bonds is 6. The van der Waals surface area contributed by atoms with Gasteiger partial charge in [-0.3, -0.25) is 9.78 Å². The van der Waals surface area contributed by atoms with Gasteiger partial charge in [0, 0.05) is 16.9 Å². The molecule has 0 fully saturated rings. The molecule has 1 unspecified atom stereocenters. The summed E-state index contributed by atoms with van der Waals surface area (Å²) in [5.74, 6) is -1.51. The molecule has 0 aliphatic heterocycles. The van der Waals surface area contributed by atoms with Crippen LogP contribution >= 0.6 is 15.9 Å². The number of carboxylic acid groups (broad SMARTS) is 1. The lowest BCUT2D eigenvalue weighted by atomic mass is 10.0. The molecular weight excluding hydrogens is 336 g/mol. The minimum atomic E-state index is -3.91. The summed E-state index contributed by atoms with van der Waals surface area (Å²) in [7, 11) is -3.91. The quantitative estimate of drug-likeness (QED) is 0.812. The van der Waals surface area contributed by atoms with E-state index in [-0.39, 0.29) is 10.8 Å². The van der Waals surface area contributed by atoms with Crippen LogP contribution in [0.5, 0.6) is 0 Å². The van der Waals surface area contributed by atoms with Gasteiger partial charge in [0.2, 0.25) is 10.0 Å². The molecule has 2 N–H and O–H groups in total. The summed E-state index contributed by atoms with van der Waals surface area (Å²) in [5.41, 5.74) is 0. The Balaban J connectivity index is 3.04. The molecule has 0 amide bonds. The Bertz CT molecular complexity index is 562. The number of pyridine rings is 1. The van der Waals surface area contributed by atoms with E-state index in [1.165, 1.54) is 18.5 Å². The molecule has 2 atom stereocenters. The molecule has 0 bridgehead atoms. The van der Waals surface area contributed by atoms with E-state index in [2.05, 4.69) is 25.6 Å². The molecule has 0 aliphatic rings. The summed E-state index contributed by atoms with van der Waals surface area (Å²) in [6.45, 7) is 3.48. The third-order valence-corrected chi connectivity index (χ3v) is 4.59. The lowest BCUT2D eigenvalue weighted by Gasteiger charge is -2.20. The zero-order valence-corrected chi connectivity index (χ0v) is 12.9. The molecular formula is C11H15BrN2O4S. The molecule has 8 heteroatoms. The molecule has 6 nitrogen and oxygen atoms in total. The number of hydrogen-bond donors (Lipinski definition) is 2. The molecule has 1 heterocycles. The van der Waals surface area contributed by atoms with Crippen molar-refractivity contribution in [2.45, 2.75) is 31.2 Å². The van der Waals surface area contributed by atoms with Crippen LogP contribution < -0.4 is 4.72 Å². The van der Waals surface area contributed by atoms with Gasteiger partial charge >= 0.3 is 5.97 Å². The van der Waals surface area contributed by atoms with E-state index in [1.54, 1.807) is 13.8 Å². The number of sulfonamides is 1. The van der Waals surface area contributed by atoms with Crippen LogP contribution in [0.1, 0.15) is 20.3 Å². The highest BCUT2D eigenvalue weighted by Gasteiger charge is 2.29. The van der Waals surface area contributed by atoms with Crippen LogP contribution in [0.4, 0.5) is 0 Å². The highest BCUT2D eigenvalue weighted by Crippen LogP contribution is 2.16. The van der Waals surface area contributed by atoms with E-state index in [4.69, 9.17) is 5.11 Å². The van der Waals surface area contributed by atoms with Crippen molar-refractivity contribution < 1.29 is 18.3 Å². The first-order valence-corrected chi connectivity index (χ1v) is 7.91. The van der Waals surface area contributed by atoms with Gasteiger partial charge < -0.3 is 5.11 Å². The maximum atomic E-state index is 12.1. The van der Waals surface area contributed by atoms with Crippen molar-refractivity contribution in [2.24, 2.45) is 5.92 Å². The normalized spacial score (nSPS) is 14.9. The third kappa shape index (κ3) is 4.26. The third-order valence-electron chi connectivity index (χ3n) is 2.75. The molecule has 0 saturated carbocycles. The second kappa shape index (κ2) is 6.44. The number of carboxylic acids is 1. The number of nitrogens with one attached hydrogen (secondary N) is 1. The zero-order valence-electron chi connectivity index (χ0n) is 10.5. The fourth-order valence-corrected chi connectivity index (χ4v) is 3.22. The lowest BCUT2D eigenvalue weighted by molar-refractivity contribution is -0.140. The summed E-state index contributed by atoms with van der Waals surface area (Å²) in [6.07, 6.45) is 3.17. The van der Waals surface area contributed by atoms with Crippen LogP contribution in [-0.2, 0) is 14.8 Å². The number of aromatic nitrogens is 1. The number of nitrogens with zero attached hydrogens (tertiary/aromatic N) is 1. The van der Waals surface area contributed by atoms with Gasteiger partial charge in [0.15, 0.2) is 0 Å². The SMILES string of the molecule is CCC(C)[C@H](NS(=O)(=O)c1cncc(Br)c1)C(=O)O. The Hall–Kier alpha value is -0.990. The first-order valence-electron chi connectivity index (χ1n) is 5.63. The minimum absolute atomic E-state index is 0.0728. The van der Waals surface area contributed by atoms with Crippen molar-refractivity contribution in [3.05, 3.63) is 22.9 Å². The van der Waals surface area contributed by atoms with Crippen LogP contribution in [0.25, 0.3) is 0 Å². The molecule has 19 heavy (non-hydrogen) atoms. The molecule has 1 aromatic rings. The van der Waals surface area contributed by atoms with Crippen LogP contribution in [0.2, 0.25) is 0 Å². The first-order chi connectivity index (χ1) is 8.77. The van der Waals surface area contributed by atoms with Crippen molar-refractivity contribution in [2.75, 3.05) is 0 Å². The number of aliphatic carboxylic acids is 1.